The summed E-state index contributed by atoms with van der Waals surface area (Å²) in [6, 6.07) is 11.8. The second kappa shape index (κ2) is 11.2. The minimum Gasteiger partial charge on any atom is -0.403 e. The highest BCUT2D eigenvalue weighted by atomic mass is 32.2. The Morgan fingerprint density at radius 3 is 2.26 bits per heavy atom. The number of rotatable bonds is 6. The van der Waals surface area contributed by atoms with Crippen molar-refractivity contribution in [2.24, 2.45) is 0 Å². The van der Waals surface area contributed by atoms with Crippen LogP contribution in [-0.2, 0) is 12.6 Å². The van der Waals surface area contributed by atoms with Crippen molar-refractivity contribution < 1.29 is 44.7 Å². The third-order valence-electron chi connectivity index (χ3n) is 7.02. The van der Waals surface area contributed by atoms with Gasteiger partial charge in [0.1, 0.15) is 11.9 Å². The molecule has 0 saturated carbocycles. The highest BCUT2D eigenvalue weighted by Crippen LogP contribution is 2.43. The van der Waals surface area contributed by atoms with E-state index in [-0.39, 0.29) is 27.5 Å². The predicted molar refractivity (Wildman–Crippen MR) is 142 cm³/mol. The van der Waals surface area contributed by atoms with Crippen LogP contribution in [0.15, 0.2) is 76.6 Å². The summed E-state index contributed by atoms with van der Waals surface area (Å²) in [4.78, 5) is 27.5. The molecule has 43 heavy (non-hydrogen) atoms. The molecule has 5 rings (SSSR count). The predicted octanol–water partition coefficient (Wildman–Crippen LogP) is 8.14. The van der Waals surface area contributed by atoms with Crippen molar-refractivity contribution in [2.75, 3.05) is 5.75 Å². The van der Waals surface area contributed by atoms with Crippen LogP contribution in [0.4, 0.5) is 35.1 Å². The zero-order chi connectivity index (χ0) is 31.3. The maximum atomic E-state index is 15.5. The van der Waals surface area contributed by atoms with Crippen molar-refractivity contribution in [3.05, 3.63) is 117 Å². The summed E-state index contributed by atoms with van der Waals surface area (Å²) in [7, 11) is 0. The Morgan fingerprint density at radius 2 is 1.60 bits per heavy atom. The van der Waals surface area contributed by atoms with Gasteiger partial charge in [-0.3, -0.25) is 14.2 Å². The Bertz CT molecular complexity index is 1780. The standard InChI is InChI=1S/C30H19F8NO3S/c1-15-18(13-19-20(29(33,34)35)10-6-11-21(19)31)28-39(22(14-43-28)26(40)16-7-3-2-4-8-16)27(41)24(15)17-9-5-12-23(25(17)32)42-30(36,37)38/h2-12,22H,13-14H2,1H3. The number of hydrogen-bond acceptors (Lipinski definition) is 4. The first-order valence-electron chi connectivity index (χ1n) is 12.6. The average molecular weight is 626 g/mol. The van der Waals surface area contributed by atoms with E-state index in [0.29, 0.717) is 12.1 Å². The molecule has 3 aromatic carbocycles. The molecule has 0 spiro atoms. The number of aromatic nitrogens is 1. The zero-order valence-electron chi connectivity index (χ0n) is 21.9. The molecule has 1 aliphatic rings. The normalized spacial score (nSPS) is 15.0. The van der Waals surface area contributed by atoms with Crippen molar-refractivity contribution >= 4 is 17.5 Å². The van der Waals surface area contributed by atoms with E-state index in [4.69, 9.17) is 0 Å². The molecule has 0 amide bonds. The van der Waals surface area contributed by atoms with Gasteiger partial charge < -0.3 is 4.74 Å². The molecule has 0 saturated heterocycles. The molecule has 0 bridgehead atoms. The Morgan fingerprint density at radius 1 is 0.930 bits per heavy atom. The van der Waals surface area contributed by atoms with Gasteiger partial charge in [-0.1, -0.05) is 48.5 Å². The highest BCUT2D eigenvalue weighted by Gasteiger charge is 2.39. The number of carbonyl (C=O) groups is 1. The summed E-state index contributed by atoms with van der Waals surface area (Å²) in [6.07, 6.45) is -10.9. The number of Topliss-reactive ketones (excluding diaryl/α,β-unsaturated/α-hetero) is 1. The lowest BCUT2D eigenvalue weighted by molar-refractivity contribution is -0.275. The number of halogens is 8. The Kier molecular flexibility index (Phi) is 7.88. The summed E-state index contributed by atoms with van der Waals surface area (Å²) < 4.78 is 116. The molecule has 224 valence electrons. The van der Waals surface area contributed by atoms with Crippen LogP contribution in [0.3, 0.4) is 0 Å². The molecule has 0 radical (unpaired) electrons. The van der Waals surface area contributed by atoms with Crippen molar-refractivity contribution in [3.63, 3.8) is 0 Å². The van der Waals surface area contributed by atoms with Crippen LogP contribution in [0.25, 0.3) is 11.1 Å². The van der Waals surface area contributed by atoms with Gasteiger partial charge in [-0.15, -0.1) is 24.9 Å². The van der Waals surface area contributed by atoms with Crippen LogP contribution in [0, 0.1) is 18.6 Å². The SMILES string of the molecule is Cc1c(Cc2c(F)cccc2C(F)(F)F)c2n(c(=O)c1-c1cccc(OC(F)(F)F)c1F)C(C(=O)c1ccccc1)CS2. The van der Waals surface area contributed by atoms with E-state index in [2.05, 4.69) is 4.74 Å². The fourth-order valence-electron chi connectivity index (χ4n) is 5.10. The number of benzene rings is 3. The largest absolute Gasteiger partial charge is 0.573 e. The fourth-order valence-corrected chi connectivity index (χ4v) is 6.47. The van der Waals surface area contributed by atoms with E-state index >= 15 is 4.39 Å². The summed E-state index contributed by atoms with van der Waals surface area (Å²) in [5, 5.41) is 0.0695. The van der Waals surface area contributed by atoms with E-state index < -0.39 is 76.0 Å². The van der Waals surface area contributed by atoms with Gasteiger partial charge in [0.05, 0.1) is 16.2 Å². The van der Waals surface area contributed by atoms with E-state index in [9.17, 15) is 40.3 Å². The molecular formula is C30H19F8NO3S. The number of hydrogen-bond donors (Lipinski definition) is 0. The van der Waals surface area contributed by atoms with Crippen LogP contribution < -0.4 is 10.3 Å². The fraction of sp³-hybridized carbons (Fsp3) is 0.200. The number of pyridine rings is 1. The van der Waals surface area contributed by atoms with Gasteiger partial charge in [-0.25, -0.2) is 8.78 Å². The number of alkyl halides is 6. The van der Waals surface area contributed by atoms with Crippen LogP contribution in [0.1, 0.15) is 38.7 Å². The quantitative estimate of drug-likeness (QED) is 0.160. The summed E-state index contributed by atoms with van der Waals surface area (Å²) in [5.41, 5.74) is -3.99. The van der Waals surface area contributed by atoms with Crippen LogP contribution in [-0.4, -0.2) is 22.5 Å². The molecule has 2 heterocycles. The molecule has 13 heteroatoms. The zero-order valence-corrected chi connectivity index (χ0v) is 22.8. The topological polar surface area (TPSA) is 48.3 Å². The van der Waals surface area contributed by atoms with E-state index in [1.54, 1.807) is 18.2 Å². The lowest BCUT2D eigenvalue weighted by atomic mass is 9.92. The second-order valence-corrected chi connectivity index (χ2v) is 10.6. The Hall–Kier alpha value is -4.13. The van der Waals surface area contributed by atoms with Crippen LogP contribution in [0.5, 0.6) is 5.75 Å². The molecular weight excluding hydrogens is 606 g/mol. The van der Waals surface area contributed by atoms with Crippen LogP contribution in [0.2, 0.25) is 0 Å². The van der Waals surface area contributed by atoms with Gasteiger partial charge >= 0.3 is 12.5 Å². The van der Waals surface area contributed by atoms with E-state index in [0.717, 1.165) is 40.6 Å². The van der Waals surface area contributed by atoms with Gasteiger partial charge in [-0.05, 0) is 36.2 Å². The monoisotopic (exact) mass is 625 g/mol. The number of nitrogens with zero attached hydrogens (tertiary/aromatic N) is 1. The third-order valence-corrected chi connectivity index (χ3v) is 8.22. The average Bonchev–Trinajstić information content (AvgIpc) is 3.38. The van der Waals surface area contributed by atoms with Crippen molar-refractivity contribution in [3.8, 4) is 16.9 Å². The number of carbonyl (C=O) groups excluding carboxylic acids is 1. The number of thioether (sulfide) groups is 1. The van der Waals surface area contributed by atoms with E-state index in [1.807, 2.05) is 0 Å². The Labute approximate surface area is 242 Å². The smallest absolute Gasteiger partial charge is 0.403 e. The summed E-state index contributed by atoms with van der Waals surface area (Å²) in [6.45, 7) is 1.28. The number of fused-ring (bicyclic) bond motifs is 1. The van der Waals surface area contributed by atoms with Crippen LogP contribution >= 0.6 is 11.8 Å². The molecule has 1 atom stereocenters. The minimum absolute atomic E-state index is 0.0138. The minimum atomic E-state index is -5.27. The van der Waals surface area contributed by atoms with Crippen molar-refractivity contribution in [2.45, 2.75) is 37.0 Å². The van der Waals surface area contributed by atoms with E-state index in [1.165, 1.54) is 19.1 Å². The Balaban J connectivity index is 1.79. The number of ketones is 1. The molecule has 4 aromatic rings. The molecule has 0 N–H and O–H groups in total. The second-order valence-electron chi connectivity index (χ2n) is 9.62. The maximum absolute atomic E-state index is 15.5. The summed E-state index contributed by atoms with van der Waals surface area (Å²) in [5.74, 6) is -4.53. The van der Waals surface area contributed by atoms with Gasteiger partial charge in [0.25, 0.3) is 5.56 Å². The molecule has 1 aliphatic heterocycles. The third kappa shape index (κ3) is 5.77. The number of ether oxygens (including phenoxy) is 1. The molecule has 1 unspecified atom stereocenters. The first-order chi connectivity index (χ1) is 20.2. The van der Waals surface area contributed by atoms with Gasteiger partial charge in [0, 0.05) is 28.9 Å². The van der Waals surface area contributed by atoms with Gasteiger partial charge in [0.15, 0.2) is 17.3 Å². The van der Waals surface area contributed by atoms with Gasteiger partial charge in [0.2, 0.25) is 0 Å². The van der Waals surface area contributed by atoms with Gasteiger partial charge in [-0.2, -0.15) is 13.2 Å². The molecule has 0 aliphatic carbocycles. The first-order valence-corrected chi connectivity index (χ1v) is 13.6. The molecule has 1 aromatic heterocycles. The van der Waals surface area contributed by atoms with Crippen molar-refractivity contribution in [1.29, 1.82) is 0 Å². The molecule has 4 nitrogen and oxygen atoms in total. The highest BCUT2D eigenvalue weighted by molar-refractivity contribution is 7.99. The lowest BCUT2D eigenvalue weighted by Crippen LogP contribution is -2.31. The first kappa shape index (κ1) is 30.3. The lowest BCUT2D eigenvalue weighted by Gasteiger charge is -2.22. The van der Waals surface area contributed by atoms with Crippen molar-refractivity contribution in [1.82, 2.24) is 4.57 Å². The summed E-state index contributed by atoms with van der Waals surface area (Å²) >= 11 is 0.983. The maximum Gasteiger partial charge on any atom is 0.573 e. The molecule has 0 fully saturated rings.